The molecule has 0 radical (unpaired) electrons. The molecule has 0 unspecified atom stereocenters. The maximum Gasteiger partial charge on any atom is 0.225 e. The van der Waals surface area contributed by atoms with Crippen LogP contribution in [0.1, 0.15) is 50.5 Å². The van der Waals surface area contributed by atoms with Crippen molar-refractivity contribution < 1.29 is 30.7 Å². The topological polar surface area (TPSA) is 101 Å². The molecule has 4 rings (SSSR count). The molecule has 4 aromatic heterocycles. The van der Waals surface area contributed by atoms with Crippen molar-refractivity contribution in [1.82, 2.24) is 30.2 Å². The van der Waals surface area contributed by atoms with Crippen molar-refractivity contribution in [2.24, 2.45) is 11.8 Å². The third-order valence-corrected chi connectivity index (χ3v) is 5.92. The number of rotatable bonds is 10. The Morgan fingerprint density at radius 3 is 1.23 bits per heavy atom. The molecule has 0 atom stereocenters. The Morgan fingerprint density at radius 1 is 0.651 bits per heavy atom. The Kier molecular flexibility index (Phi) is 21.4. The van der Waals surface area contributed by atoms with E-state index in [4.69, 9.17) is 11.6 Å². The van der Waals surface area contributed by atoms with Crippen molar-refractivity contribution in [1.29, 1.82) is 0 Å². The number of carbonyl (C=O) groups is 2. The van der Waals surface area contributed by atoms with Gasteiger partial charge in [-0.1, -0.05) is 52.0 Å². The van der Waals surface area contributed by atoms with Crippen LogP contribution in [-0.4, -0.2) is 36.0 Å². The number of halogens is 1. The standard InChI is InChI=1S/C16H19N3O.C12H13N3.C4H7ClO.CH3.W/c1-13(2)16(20)19(11-14-7-3-5-9-17-14)12-15-8-4-6-10-18-15;1-3-7-14-11(5-1)9-13-10-12-6-2-4-8-15-12;1-3(2)4(5)6;;/h3-10,13H,11-12H2,1-2H3;1-8,13H,9-10H2;3H,1-2H3;1H3;/q;;;-1;. The zero-order valence-corrected chi connectivity index (χ0v) is 29.2. The van der Waals surface area contributed by atoms with E-state index in [1.54, 1.807) is 43.5 Å². The van der Waals surface area contributed by atoms with Crippen molar-refractivity contribution in [3.8, 4) is 0 Å². The number of hydrogen-bond acceptors (Lipinski definition) is 7. The van der Waals surface area contributed by atoms with E-state index >= 15 is 0 Å². The van der Waals surface area contributed by atoms with E-state index in [1.165, 1.54) is 0 Å². The molecule has 1 amide bonds. The minimum atomic E-state index is -0.269. The van der Waals surface area contributed by atoms with Crippen LogP contribution >= 0.6 is 11.6 Å². The fourth-order valence-corrected chi connectivity index (χ4v) is 3.28. The zero-order valence-electron chi connectivity index (χ0n) is 25.6. The largest absolute Gasteiger partial charge is 0.358 e. The van der Waals surface area contributed by atoms with Crippen molar-refractivity contribution >= 4 is 22.8 Å². The molecule has 4 heterocycles. The van der Waals surface area contributed by atoms with E-state index in [2.05, 4.69) is 25.3 Å². The Morgan fingerprint density at radius 2 is 0.977 bits per heavy atom. The fraction of sp³-hybridized carbons (Fsp3) is 0.303. The molecule has 0 spiro atoms. The van der Waals surface area contributed by atoms with E-state index in [9.17, 15) is 9.59 Å². The predicted octanol–water partition coefficient (Wildman–Crippen LogP) is 6.28. The first-order valence-corrected chi connectivity index (χ1v) is 13.9. The molecule has 0 fully saturated rings. The van der Waals surface area contributed by atoms with E-state index in [0.29, 0.717) is 13.1 Å². The van der Waals surface area contributed by atoms with Gasteiger partial charge in [0, 0.05) is 70.8 Å². The summed E-state index contributed by atoms with van der Waals surface area (Å²) in [5.74, 6) is 0.0513. The Balaban J connectivity index is 0.000000680. The minimum absolute atomic E-state index is 0. The number of aromatic nitrogens is 4. The summed E-state index contributed by atoms with van der Waals surface area (Å²) in [6.45, 7) is 9.90. The second-order valence-electron chi connectivity index (χ2n) is 9.70. The molecule has 0 aromatic carbocycles. The maximum atomic E-state index is 12.3. The van der Waals surface area contributed by atoms with Gasteiger partial charge in [0.15, 0.2) is 0 Å². The van der Waals surface area contributed by atoms with Crippen LogP contribution in [0, 0.1) is 19.3 Å². The smallest absolute Gasteiger partial charge is 0.225 e. The summed E-state index contributed by atoms with van der Waals surface area (Å²) in [5, 5.41) is 3.02. The van der Waals surface area contributed by atoms with E-state index in [0.717, 1.165) is 35.9 Å². The van der Waals surface area contributed by atoms with Crippen LogP contribution in [0.2, 0.25) is 0 Å². The van der Waals surface area contributed by atoms with E-state index < -0.39 is 0 Å². The maximum absolute atomic E-state index is 12.3. The SMILES string of the molecule is CC(C)C(=O)Cl.CC(C)C(=O)N(Cc1ccccn1)Cc1ccccn1.[CH3-].[W].c1ccc(CNCc2ccccn2)nc1. The molecule has 43 heavy (non-hydrogen) atoms. The fourth-order valence-electron chi connectivity index (χ4n) is 3.28. The van der Waals surface area contributed by atoms with Gasteiger partial charge in [-0.15, -0.1) is 0 Å². The van der Waals surface area contributed by atoms with E-state index in [-0.39, 0.29) is 51.5 Å². The number of nitrogens with one attached hydrogen (secondary N) is 1. The molecule has 0 bridgehead atoms. The molecule has 0 saturated carbocycles. The molecule has 0 aliphatic rings. The van der Waals surface area contributed by atoms with Gasteiger partial charge in [-0.25, -0.2) is 0 Å². The second kappa shape index (κ2) is 23.2. The minimum Gasteiger partial charge on any atom is -0.358 e. The zero-order chi connectivity index (χ0) is 29.9. The summed E-state index contributed by atoms with van der Waals surface area (Å²) in [7, 11) is 0. The van der Waals surface area contributed by atoms with Gasteiger partial charge in [0.1, 0.15) is 0 Å². The van der Waals surface area contributed by atoms with Gasteiger partial charge in [0.25, 0.3) is 0 Å². The molecule has 8 nitrogen and oxygen atoms in total. The number of nitrogens with zero attached hydrogens (tertiary/aromatic N) is 5. The van der Waals surface area contributed by atoms with Crippen molar-refractivity contribution in [2.75, 3.05) is 0 Å². The first kappa shape index (κ1) is 39.7. The summed E-state index contributed by atoms with van der Waals surface area (Å²) >= 11 is 4.97. The molecule has 230 valence electrons. The second-order valence-corrected chi connectivity index (χ2v) is 10.1. The predicted molar refractivity (Wildman–Crippen MR) is 169 cm³/mol. The monoisotopic (exact) mass is 773 g/mol. The van der Waals surface area contributed by atoms with Crippen LogP contribution in [0.25, 0.3) is 0 Å². The van der Waals surface area contributed by atoms with Crippen molar-refractivity contribution in [3.05, 3.63) is 128 Å². The van der Waals surface area contributed by atoms with Crippen molar-refractivity contribution in [2.45, 2.75) is 53.9 Å². The average Bonchev–Trinajstić information content (AvgIpc) is 2.99. The summed E-state index contributed by atoms with van der Waals surface area (Å²) in [5.41, 5.74) is 3.87. The summed E-state index contributed by atoms with van der Waals surface area (Å²) in [6, 6.07) is 23.3. The summed E-state index contributed by atoms with van der Waals surface area (Å²) < 4.78 is 0. The Labute approximate surface area is 276 Å². The number of pyridine rings is 4. The average molecular weight is 774 g/mol. The molecule has 0 saturated heterocycles. The van der Waals surface area contributed by atoms with Crippen molar-refractivity contribution in [3.63, 3.8) is 0 Å². The van der Waals surface area contributed by atoms with Gasteiger partial charge in [-0.2, -0.15) is 0 Å². The van der Waals surface area contributed by atoms with Crippen LogP contribution < -0.4 is 5.32 Å². The molecular weight excluding hydrogens is 732 g/mol. The van der Waals surface area contributed by atoms with E-state index in [1.807, 2.05) is 86.6 Å². The summed E-state index contributed by atoms with van der Waals surface area (Å²) in [4.78, 5) is 41.1. The molecule has 0 aliphatic carbocycles. The van der Waals surface area contributed by atoms with Gasteiger partial charge in [-0.05, 0) is 60.1 Å². The summed E-state index contributed by atoms with van der Waals surface area (Å²) in [6.07, 6.45) is 7.10. The third kappa shape index (κ3) is 17.4. The quantitative estimate of drug-likeness (QED) is 0.150. The third-order valence-electron chi connectivity index (χ3n) is 5.48. The van der Waals surface area contributed by atoms with Crippen LogP contribution in [0.4, 0.5) is 0 Å². The Hall–Kier alpha value is -3.32. The molecule has 4 aromatic rings. The van der Waals surface area contributed by atoms with Gasteiger partial charge in [-0.3, -0.25) is 29.5 Å². The van der Waals surface area contributed by atoms with Crippen LogP contribution in [0.5, 0.6) is 0 Å². The van der Waals surface area contributed by atoms with Gasteiger partial charge >= 0.3 is 0 Å². The number of carbonyl (C=O) groups excluding carboxylic acids is 2. The number of hydrogen-bond donors (Lipinski definition) is 1. The first-order valence-electron chi connectivity index (χ1n) is 13.5. The first-order chi connectivity index (χ1) is 19.8. The molecule has 0 aliphatic heterocycles. The molecule has 1 N–H and O–H groups in total. The molecular formula is C33H42ClN6O2W-. The molecule has 10 heteroatoms. The Bertz CT molecular complexity index is 1190. The normalized spacial score (nSPS) is 9.74. The van der Waals surface area contributed by atoms with Crippen LogP contribution in [0.3, 0.4) is 0 Å². The van der Waals surface area contributed by atoms with Gasteiger partial charge in [0.2, 0.25) is 11.1 Å². The van der Waals surface area contributed by atoms with Crippen LogP contribution in [0.15, 0.2) is 97.6 Å². The number of amides is 1. The van der Waals surface area contributed by atoms with Crippen LogP contribution in [-0.2, 0) is 56.8 Å². The van der Waals surface area contributed by atoms with Gasteiger partial charge < -0.3 is 17.6 Å². The van der Waals surface area contributed by atoms with Gasteiger partial charge in [0.05, 0.1) is 35.9 Å².